The molecule has 1 unspecified atom stereocenters. The highest BCUT2D eigenvalue weighted by molar-refractivity contribution is 7.40. The van der Waals surface area contributed by atoms with Gasteiger partial charge in [0.15, 0.2) is 0 Å². The molecule has 0 spiro atoms. The molecule has 0 radical (unpaired) electrons. The molecule has 6 rings (SSSR count). The fraction of sp³-hybridized carbons (Fsp3) is 0.0476. The third-order valence-corrected chi connectivity index (χ3v) is 7.17. The van der Waals surface area contributed by atoms with Crippen LogP contribution in [0, 0.1) is 0 Å². The van der Waals surface area contributed by atoms with Crippen LogP contribution in [0.5, 0.6) is 0 Å². The van der Waals surface area contributed by atoms with Gasteiger partial charge >= 0.3 is 0 Å². The van der Waals surface area contributed by atoms with Gasteiger partial charge in [-0.1, -0.05) is 42.5 Å². The molecule has 3 heterocycles. The Bertz CT molecular complexity index is 1410. The van der Waals surface area contributed by atoms with E-state index in [0.29, 0.717) is 0 Å². The van der Waals surface area contributed by atoms with Gasteiger partial charge < -0.3 is 0 Å². The van der Waals surface area contributed by atoms with E-state index in [4.69, 9.17) is 0 Å². The molecule has 1 atom stereocenters. The number of hydrogen-bond donors (Lipinski definition) is 0. The second-order valence-corrected chi connectivity index (χ2v) is 8.30. The average Bonchev–Trinajstić information content (AvgIpc) is 3.20. The van der Waals surface area contributed by atoms with Crippen molar-refractivity contribution in [3.8, 4) is 0 Å². The van der Waals surface area contributed by atoms with E-state index in [-0.39, 0.29) is 0 Å². The van der Waals surface area contributed by atoms with Crippen LogP contribution in [0.1, 0.15) is 0 Å². The standard InChI is InChI=1S/C21H15N2P/c1-24-22-11-9-14-6-4-8-18(20(14)22)19-17-7-3-2-5-15(17)13-16-10-12-23(24)21(16)19/h2-13H,1H3. The van der Waals surface area contributed by atoms with Crippen LogP contribution in [0.15, 0.2) is 73.1 Å². The van der Waals surface area contributed by atoms with Crippen LogP contribution in [0.4, 0.5) is 0 Å². The van der Waals surface area contributed by atoms with Crippen molar-refractivity contribution in [2.75, 3.05) is 0 Å². The van der Waals surface area contributed by atoms with Gasteiger partial charge in [-0.3, -0.25) is 8.33 Å². The zero-order valence-corrected chi connectivity index (χ0v) is 14.2. The van der Waals surface area contributed by atoms with Gasteiger partial charge in [-0.15, -0.1) is 0 Å². The Labute approximate surface area is 139 Å². The van der Waals surface area contributed by atoms with Crippen LogP contribution in [0.2, 0.25) is 0 Å². The fourth-order valence-corrected chi connectivity index (χ4v) is 5.94. The van der Waals surface area contributed by atoms with Gasteiger partial charge in [0.1, 0.15) is 0 Å². The molecular weight excluding hydrogens is 311 g/mol. The summed E-state index contributed by atoms with van der Waals surface area (Å²) in [6.45, 7) is 2.34. The summed E-state index contributed by atoms with van der Waals surface area (Å²) in [5, 5.41) is 8.05. The Morgan fingerprint density at radius 1 is 0.667 bits per heavy atom. The van der Waals surface area contributed by atoms with Crippen LogP contribution in [-0.4, -0.2) is 8.33 Å². The van der Waals surface area contributed by atoms with E-state index in [1.54, 1.807) is 0 Å². The summed E-state index contributed by atoms with van der Waals surface area (Å²) in [5.41, 5.74) is 2.74. The molecule has 3 aromatic heterocycles. The van der Waals surface area contributed by atoms with Gasteiger partial charge in [0, 0.05) is 48.5 Å². The van der Waals surface area contributed by atoms with Crippen molar-refractivity contribution in [2.24, 2.45) is 6.66 Å². The smallest absolute Gasteiger partial charge is 0.0655 e. The van der Waals surface area contributed by atoms with Gasteiger partial charge in [0.25, 0.3) is 0 Å². The van der Waals surface area contributed by atoms with Crippen LogP contribution >= 0.6 is 7.85 Å². The Morgan fingerprint density at radius 2 is 1.38 bits per heavy atom. The largest absolute Gasteiger partial charge is 0.293 e. The number of aromatic nitrogens is 2. The molecule has 0 aliphatic rings. The first-order valence-corrected chi connectivity index (χ1v) is 9.90. The second-order valence-electron chi connectivity index (χ2n) is 6.46. The first kappa shape index (κ1) is 12.7. The third-order valence-electron chi connectivity index (χ3n) is 5.26. The van der Waals surface area contributed by atoms with E-state index in [9.17, 15) is 0 Å². The molecule has 2 nitrogen and oxygen atoms in total. The summed E-state index contributed by atoms with van der Waals surface area (Å²) in [6, 6.07) is 22.3. The molecule has 3 aromatic carbocycles. The first-order valence-electron chi connectivity index (χ1n) is 8.20. The molecule has 0 amide bonds. The zero-order valence-electron chi connectivity index (χ0n) is 13.3. The van der Waals surface area contributed by atoms with Crippen molar-refractivity contribution in [3.63, 3.8) is 0 Å². The SMILES string of the molecule is Cp1n2ccc3cccc(c4c5ccccc5cc5ccn1c54)c32. The highest BCUT2D eigenvalue weighted by Gasteiger charge is 2.14. The lowest BCUT2D eigenvalue weighted by Gasteiger charge is -2.05. The van der Waals surface area contributed by atoms with Crippen molar-refractivity contribution >= 4 is 51.2 Å². The molecule has 3 heteroatoms. The van der Waals surface area contributed by atoms with Crippen molar-refractivity contribution in [1.82, 2.24) is 8.33 Å². The molecule has 0 N–H and O–H groups in total. The van der Waals surface area contributed by atoms with E-state index in [1.165, 1.54) is 43.4 Å². The normalized spacial score (nSPS) is 13.1. The lowest BCUT2D eigenvalue weighted by Crippen LogP contribution is -1.81. The van der Waals surface area contributed by atoms with Gasteiger partial charge in [-0.05, 0) is 29.0 Å². The number of rotatable bonds is 0. The summed E-state index contributed by atoms with van der Waals surface area (Å²) in [7, 11) is -0.477. The summed E-state index contributed by atoms with van der Waals surface area (Å²) in [5.74, 6) is 0. The van der Waals surface area contributed by atoms with Crippen molar-refractivity contribution < 1.29 is 0 Å². The molecule has 0 bridgehead atoms. The van der Waals surface area contributed by atoms with Crippen molar-refractivity contribution in [2.45, 2.75) is 0 Å². The maximum absolute atomic E-state index is 2.48. The molecule has 0 saturated carbocycles. The third kappa shape index (κ3) is 1.39. The van der Waals surface area contributed by atoms with Gasteiger partial charge in [-0.25, -0.2) is 0 Å². The van der Waals surface area contributed by atoms with Gasteiger partial charge in [0.05, 0.1) is 11.0 Å². The fourth-order valence-electron chi connectivity index (χ4n) is 4.20. The molecular formula is C21H15N2P. The maximum atomic E-state index is 2.48. The van der Waals surface area contributed by atoms with Gasteiger partial charge in [0.2, 0.25) is 0 Å². The van der Waals surface area contributed by atoms with Crippen LogP contribution < -0.4 is 0 Å². The lowest BCUT2D eigenvalue weighted by atomic mass is 10.00. The molecule has 24 heavy (non-hydrogen) atoms. The molecule has 0 aliphatic heterocycles. The highest BCUT2D eigenvalue weighted by atomic mass is 31.1. The zero-order chi connectivity index (χ0) is 15.8. The van der Waals surface area contributed by atoms with E-state index < -0.39 is 7.85 Å². The van der Waals surface area contributed by atoms with Crippen LogP contribution in [-0.2, 0) is 6.66 Å². The number of nitrogens with zero attached hydrogens (tertiary/aromatic N) is 2. The number of benzene rings is 3. The molecule has 114 valence electrons. The second kappa shape index (κ2) is 4.23. The van der Waals surface area contributed by atoms with E-state index in [1.807, 2.05) is 0 Å². The van der Waals surface area contributed by atoms with E-state index in [0.717, 1.165) is 0 Å². The van der Waals surface area contributed by atoms with E-state index >= 15 is 0 Å². The highest BCUT2D eigenvalue weighted by Crippen LogP contribution is 2.40. The van der Waals surface area contributed by atoms with Gasteiger partial charge in [-0.2, -0.15) is 0 Å². The molecule has 0 fully saturated rings. The summed E-state index contributed by atoms with van der Waals surface area (Å²) in [6.07, 6.45) is 4.51. The summed E-state index contributed by atoms with van der Waals surface area (Å²) >= 11 is 0. The minimum atomic E-state index is -0.477. The molecule has 6 aromatic rings. The minimum absolute atomic E-state index is 0.477. The summed E-state index contributed by atoms with van der Waals surface area (Å²) in [4.78, 5) is 0. The molecule has 0 saturated heterocycles. The predicted octanol–water partition coefficient (Wildman–Crippen LogP) is 6.18. The number of fused-ring (bicyclic) bond motifs is 3. The molecule has 0 aliphatic carbocycles. The quantitative estimate of drug-likeness (QED) is 0.315. The average molecular weight is 326 g/mol. The van der Waals surface area contributed by atoms with E-state index in [2.05, 4.69) is 88.0 Å². The first-order chi connectivity index (χ1) is 11.8. The Kier molecular flexibility index (Phi) is 2.23. The number of aryl methyl sites for hydroxylation is 1. The topological polar surface area (TPSA) is 8.82 Å². The Hall–Kier alpha value is -2.70. The van der Waals surface area contributed by atoms with Crippen LogP contribution in [0.25, 0.3) is 43.4 Å². The monoisotopic (exact) mass is 326 g/mol. The Morgan fingerprint density at radius 3 is 2.29 bits per heavy atom. The maximum Gasteiger partial charge on any atom is 0.0655 e. The number of hydrogen-bond acceptors (Lipinski definition) is 0. The predicted molar refractivity (Wildman–Crippen MR) is 105 cm³/mol. The summed E-state index contributed by atoms with van der Waals surface area (Å²) < 4.78 is 4.94. The van der Waals surface area contributed by atoms with Crippen molar-refractivity contribution in [3.05, 3.63) is 73.1 Å². The minimum Gasteiger partial charge on any atom is -0.293 e. The van der Waals surface area contributed by atoms with Crippen LogP contribution in [0.3, 0.4) is 0 Å². The lowest BCUT2D eigenvalue weighted by molar-refractivity contribution is 1.30. The number of para-hydroxylation sites is 1. The van der Waals surface area contributed by atoms with Crippen molar-refractivity contribution in [1.29, 1.82) is 0 Å². The Balaban J connectivity index is 2.17.